The standard InChI is InChI=1S/C10H5F5N2O2S/c11-9(12,10(13,14)15)4-19-8(18)5-2-1-3-6-7(5)20-17-16-6/h1-3H,4H2. The molecule has 1 aromatic heterocycles. The van der Waals surface area contributed by atoms with Crippen molar-refractivity contribution in [1.29, 1.82) is 0 Å². The van der Waals surface area contributed by atoms with Crippen LogP contribution < -0.4 is 0 Å². The summed E-state index contributed by atoms with van der Waals surface area (Å²) in [6.07, 6.45) is -5.77. The van der Waals surface area contributed by atoms with E-state index in [9.17, 15) is 26.7 Å². The summed E-state index contributed by atoms with van der Waals surface area (Å²) in [5.74, 6) is -6.38. The van der Waals surface area contributed by atoms with E-state index in [1.807, 2.05) is 0 Å². The number of nitrogens with zero attached hydrogens (tertiary/aromatic N) is 2. The molecule has 0 bridgehead atoms. The Morgan fingerprint density at radius 3 is 2.60 bits per heavy atom. The van der Waals surface area contributed by atoms with Gasteiger partial charge in [0.2, 0.25) is 0 Å². The quantitative estimate of drug-likeness (QED) is 0.646. The van der Waals surface area contributed by atoms with E-state index >= 15 is 0 Å². The molecule has 0 radical (unpaired) electrons. The molecule has 4 nitrogen and oxygen atoms in total. The molecule has 0 saturated heterocycles. The molecule has 2 aromatic rings. The first-order valence-electron chi connectivity index (χ1n) is 5.05. The van der Waals surface area contributed by atoms with Crippen LogP contribution >= 0.6 is 11.5 Å². The first-order valence-corrected chi connectivity index (χ1v) is 5.82. The lowest BCUT2D eigenvalue weighted by Gasteiger charge is -2.19. The van der Waals surface area contributed by atoms with E-state index in [-0.39, 0.29) is 10.3 Å². The van der Waals surface area contributed by atoms with Crippen molar-refractivity contribution < 1.29 is 31.5 Å². The summed E-state index contributed by atoms with van der Waals surface area (Å²) in [5, 5.41) is 3.64. The van der Waals surface area contributed by atoms with Gasteiger partial charge < -0.3 is 4.74 Å². The molecule has 0 unspecified atom stereocenters. The molecule has 10 heteroatoms. The lowest BCUT2D eigenvalue weighted by Crippen LogP contribution is -2.41. The molecule has 1 heterocycles. The van der Waals surface area contributed by atoms with Crippen LogP contribution in [-0.2, 0) is 4.74 Å². The van der Waals surface area contributed by atoms with Gasteiger partial charge in [0.25, 0.3) is 0 Å². The zero-order valence-corrected chi connectivity index (χ0v) is 10.3. The van der Waals surface area contributed by atoms with Crippen LogP contribution in [0.2, 0.25) is 0 Å². The maximum absolute atomic E-state index is 12.6. The summed E-state index contributed by atoms with van der Waals surface area (Å²) in [7, 11) is 0. The number of rotatable bonds is 3. The summed E-state index contributed by atoms with van der Waals surface area (Å²) in [5.41, 5.74) is 0.169. The van der Waals surface area contributed by atoms with Gasteiger partial charge in [-0.05, 0) is 23.7 Å². The zero-order valence-electron chi connectivity index (χ0n) is 9.45. The Kier molecular flexibility index (Phi) is 3.59. The summed E-state index contributed by atoms with van der Waals surface area (Å²) < 4.78 is 68.9. The van der Waals surface area contributed by atoms with Crippen molar-refractivity contribution >= 4 is 27.7 Å². The minimum absolute atomic E-state index is 0.157. The van der Waals surface area contributed by atoms with E-state index < -0.39 is 24.7 Å². The lowest BCUT2D eigenvalue weighted by molar-refractivity contribution is -0.292. The van der Waals surface area contributed by atoms with Gasteiger partial charge >= 0.3 is 18.1 Å². The summed E-state index contributed by atoms with van der Waals surface area (Å²) in [6.45, 7) is -2.07. The van der Waals surface area contributed by atoms with Gasteiger partial charge in [-0.1, -0.05) is 10.6 Å². The van der Waals surface area contributed by atoms with E-state index in [0.29, 0.717) is 5.52 Å². The fourth-order valence-corrected chi connectivity index (χ4v) is 1.94. The third kappa shape index (κ3) is 2.69. The third-order valence-corrected chi connectivity index (χ3v) is 3.07. The number of alkyl halides is 5. The van der Waals surface area contributed by atoms with Gasteiger partial charge in [-0.3, -0.25) is 0 Å². The average molecular weight is 312 g/mol. The molecule has 0 aliphatic heterocycles. The van der Waals surface area contributed by atoms with Crippen molar-refractivity contribution in [2.24, 2.45) is 0 Å². The molecule has 0 N–H and O–H groups in total. The average Bonchev–Trinajstić information content (AvgIpc) is 2.82. The Balaban J connectivity index is 2.16. The maximum Gasteiger partial charge on any atom is 0.456 e. The summed E-state index contributed by atoms with van der Waals surface area (Å²) in [4.78, 5) is 11.6. The molecular weight excluding hydrogens is 307 g/mol. The van der Waals surface area contributed by atoms with Crippen molar-refractivity contribution in [3.63, 3.8) is 0 Å². The molecule has 0 amide bonds. The predicted molar refractivity (Wildman–Crippen MR) is 58.7 cm³/mol. The smallest absolute Gasteiger partial charge is 0.455 e. The highest BCUT2D eigenvalue weighted by Gasteiger charge is 2.58. The highest BCUT2D eigenvalue weighted by Crippen LogP contribution is 2.35. The van der Waals surface area contributed by atoms with Crippen LogP contribution in [-0.4, -0.2) is 34.3 Å². The molecule has 20 heavy (non-hydrogen) atoms. The van der Waals surface area contributed by atoms with Gasteiger partial charge in [0.15, 0.2) is 6.61 Å². The molecule has 108 valence electrons. The number of halogens is 5. The minimum atomic E-state index is -5.77. The van der Waals surface area contributed by atoms with Crippen LogP contribution in [0.3, 0.4) is 0 Å². The van der Waals surface area contributed by atoms with Gasteiger partial charge in [-0.15, -0.1) is 5.10 Å². The van der Waals surface area contributed by atoms with Crippen LogP contribution in [0.4, 0.5) is 22.0 Å². The molecule has 0 aliphatic rings. The molecule has 0 spiro atoms. The highest BCUT2D eigenvalue weighted by atomic mass is 32.1. The number of hydrogen-bond acceptors (Lipinski definition) is 5. The van der Waals surface area contributed by atoms with Gasteiger partial charge in [-0.2, -0.15) is 22.0 Å². The number of aromatic nitrogens is 2. The van der Waals surface area contributed by atoms with Crippen LogP contribution in [0.1, 0.15) is 10.4 Å². The van der Waals surface area contributed by atoms with Crippen molar-refractivity contribution in [3.8, 4) is 0 Å². The van der Waals surface area contributed by atoms with Crippen LogP contribution in [0, 0.1) is 0 Å². The van der Waals surface area contributed by atoms with Crippen molar-refractivity contribution in [2.75, 3.05) is 6.61 Å². The Hall–Kier alpha value is -1.84. The van der Waals surface area contributed by atoms with Crippen LogP contribution in [0.15, 0.2) is 18.2 Å². The second kappa shape index (κ2) is 4.93. The number of benzene rings is 1. The summed E-state index contributed by atoms with van der Waals surface area (Å²) in [6, 6.07) is 4.14. The normalized spacial score (nSPS) is 12.7. The molecule has 1 aromatic carbocycles. The Labute approximate surface area is 112 Å². The predicted octanol–water partition coefficient (Wildman–Crippen LogP) is 3.05. The second-order valence-corrected chi connectivity index (χ2v) is 4.46. The molecule has 0 fully saturated rings. The van der Waals surface area contributed by atoms with E-state index in [1.54, 1.807) is 0 Å². The number of ether oxygens (including phenoxy) is 1. The van der Waals surface area contributed by atoms with Gasteiger partial charge in [0.05, 0.1) is 10.3 Å². The Bertz CT molecular complexity index is 640. The van der Waals surface area contributed by atoms with Crippen LogP contribution in [0.25, 0.3) is 10.2 Å². The van der Waals surface area contributed by atoms with E-state index in [0.717, 1.165) is 11.5 Å². The maximum atomic E-state index is 12.6. The molecular formula is C10H5F5N2O2S. The number of fused-ring (bicyclic) bond motifs is 1. The Morgan fingerprint density at radius 1 is 1.25 bits per heavy atom. The number of carbonyl (C=O) groups excluding carboxylic acids is 1. The first kappa shape index (κ1) is 14.6. The van der Waals surface area contributed by atoms with Gasteiger partial charge in [0.1, 0.15) is 5.52 Å². The number of hydrogen-bond donors (Lipinski definition) is 0. The highest BCUT2D eigenvalue weighted by molar-refractivity contribution is 7.13. The van der Waals surface area contributed by atoms with Crippen LogP contribution in [0.5, 0.6) is 0 Å². The lowest BCUT2D eigenvalue weighted by atomic mass is 10.2. The van der Waals surface area contributed by atoms with E-state index in [1.165, 1.54) is 18.2 Å². The van der Waals surface area contributed by atoms with Crippen molar-refractivity contribution in [3.05, 3.63) is 23.8 Å². The number of carbonyl (C=O) groups is 1. The second-order valence-electron chi connectivity index (χ2n) is 3.71. The molecule has 0 aliphatic carbocycles. The zero-order chi connectivity index (χ0) is 15.0. The fourth-order valence-electron chi connectivity index (χ4n) is 1.28. The fraction of sp³-hybridized carbons (Fsp3) is 0.300. The third-order valence-electron chi connectivity index (χ3n) is 2.29. The summed E-state index contributed by atoms with van der Waals surface area (Å²) >= 11 is 0.809. The van der Waals surface area contributed by atoms with E-state index in [2.05, 4.69) is 14.3 Å². The van der Waals surface area contributed by atoms with E-state index in [4.69, 9.17) is 0 Å². The van der Waals surface area contributed by atoms with Crippen molar-refractivity contribution in [1.82, 2.24) is 9.59 Å². The topological polar surface area (TPSA) is 52.1 Å². The monoisotopic (exact) mass is 312 g/mol. The number of esters is 1. The van der Waals surface area contributed by atoms with Crippen molar-refractivity contribution in [2.45, 2.75) is 12.1 Å². The van der Waals surface area contributed by atoms with Gasteiger partial charge in [0, 0.05) is 0 Å². The largest absolute Gasteiger partial charge is 0.456 e. The minimum Gasteiger partial charge on any atom is -0.455 e. The van der Waals surface area contributed by atoms with Gasteiger partial charge in [-0.25, -0.2) is 4.79 Å². The molecule has 0 saturated carbocycles. The SMILES string of the molecule is O=C(OCC(F)(F)C(F)(F)F)c1cccc2nnsc12. The molecule has 2 rings (SSSR count). The first-order chi connectivity index (χ1) is 9.22. The Morgan fingerprint density at radius 2 is 1.95 bits per heavy atom. The molecule has 0 atom stereocenters.